The van der Waals surface area contributed by atoms with Crippen LogP contribution < -0.4 is 9.88 Å². The summed E-state index contributed by atoms with van der Waals surface area (Å²) in [6.07, 6.45) is 3.50. The Morgan fingerprint density at radius 2 is 1.75 bits per heavy atom. The standard InChI is InChI=1S/C13H19N3O3S/c17-20(18,16-5-1-2-6-16)12-3-4-13(14-11-12)15-7-9-19-10-8-15/h3-4,11H,1-2,5-10H2/p+1. The Morgan fingerprint density at radius 3 is 2.35 bits per heavy atom. The second-order valence-electron chi connectivity index (χ2n) is 5.12. The topological polar surface area (TPSA) is 64.0 Å². The van der Waals surface area contributed by atoms with Gasteiger partial charge in [-0.3, -0.25) is 4.90 Å². The molecule has 0 saturated carbocycles. The van der Waals surface area contributed by atoms with Crippen molar-refractivity contribution in [2.75, 3.05) is 44.3 Å². The van der Waals surface area contributed by atoms with E-state index in [9.17, 15) is 8.42 Å². The monoisotopic (exact) mass is 298 g/mol. The fourth-order valence-corrected chi connectivity index (χ4v) is 4.13. The fourth-order valence-electron chi connectivity index (χ4n) is 2.64. The van der Waals surface area contributed by atoms with Gasteiger partial charge < -0.3 is 4.74 Å². The number of hydrogen-bond acceptors (Lipinski definition) is 4. The van der Waals surface area contributed by atoms with Crippen LogP contribution in [0.15, 0.2) is 23.2 Å². The van der Waals surface area contributed by atoms with Crippen LogP contribution in [0.4, 0.5) is 5.82 Å². The molecular formula is C13H20N3O3S+. The molecule has 0 atom stereocenters. The molecule has 3 rings (SSSR count). The first kappa shape index (κ1) is 13.8. The molecule has 1 aromatic rings. The maximum atomic E-state index is 12.4. The summed E-state index contributed by atoms with van der Waals surface area (Å²) in [6.45, 7) is 4.34. The number of rotatable bonds is 3. The predicted octanol–water partition coefficient (Wildman–Crippen LogP) is 0.122. The van der Waals surface area contributed by atoms with E-state index in [1.165, 1.54) is 0 Å². The molecule has 0 unspecified atom stereocenters. The third-order valence-electron chi connectivity index (χ3n) is 3.82. The highest BCUT2D eigenvalue weighted by atomic mass is 32.2. The molecule has 20 heavy (non-hydrogen) atoms. The van der Waals surface area contributed by atoms with Gasteiger partial charge in [0, 0.05) is 19.2 Å². The highest BCUT2D eigenvalue weighted by Crippen LogP contribution is 2.20. The number of ether oxygens (including phenoxy) is 1. The van der Waals surface area contributed by atoms with Crippen molar-refractivity contribution in [2.24, 2.45) is 0 Å². The van der Waals surface area contributed by atoms with E-state index in [2.05, 4.69) is 9.88 Å². The Kier molecular flexibility index (Phi) is 3.91. The summed E-state index contributed by atoms with van der Waals surface area (Å²) in [5.74, 6) is 0.939. The highest BCUT2D eigenvalue weighted by Gasteiger charge is 2.28. The molecular weight excluding hydrogens is 278 g/mol. The molecule has 0 radical (unpaired) electrons. The molecule has 1 N–H and O–H groups in total. The zero-order valence-electron chi connectivity index (χ0n) is 11.4. The van der Waals surface area contributed by atoms with E-state index in [1.807, 2.05) is 6.07 Å². The van der Waals surface area contributed by atoms with Gasteiger partial charge in [0.25, 0.3) is 5.82 Å². The number of aromatic amines is 1. The molecule has 0 amide bonds. The lowest BCUT2D eigenvalue weighted by Crippen LogP contribution is -2.39. The van der Waals surface area contributed by atoms with E-state index in [0.717, 1.165) is 31.7 Å². The number of nitrogens with zero attached hydrogens (tertiary/aromatic N) is 2. The molecule has 2 aliphatic heterocycles. The van der Waals surface area contributed by atoms with Crippen molar-refractivity contribution in [3.05, 3.63) is 18.3 Å². The van der Waals surface area contributed by atoms with Crippen LogP contribution in [0.5, 0.6) is 0 Å². The normalized spacial score (nSPS) is 21.3. The van der Waals surface area contributed by atoms with E-state index in [-0.39, 0.29) is 0 Å². The van der Waals surface area contributed by atoms with Crippen molar-refractivity contribution in [1.29, 1.82) is 0 Å². The molecule has 110 valence electrons. The third kappa shape index (κ3) is 2.65. The van der Waals surface area contributed by atoms with Gasteiger partial charge in [-0.2, -0.15) is 4.31 Å². The minimum Gasteiger partial charge on any atom is -0.373 e. The smallest absolute Gasteiger partial charge is 0.274 e. The average Bonchev–Trinajstić information content (AvgIpc) is 3.03. The van der Waals surface area contributed by atoms with Crippen LogP contribution in [0.1, 0.15) is 12.8 Å². The zero-order valence-corrected chi connectivity index (χ0v) is 12.2. The summed E-state index contributed by atoms with van der Waals surface area (Å²) in [5.41, 5.74) is 0. The van der Waals surface area contributed by atoms with Crippen LogP contribution in [0, 0.1) is 0 Å². The molecule has 1 aromatic heterocycles. The minimum absolute atomic E-state index is 0.344. The van der Waals surface area contributed by atoms with Crippen LogP contribution >= 0.6 is 0 Å². The van der Waals surface area contributed by atoms with Gasteiger partial charge in [0.2, 0.25) is 10.0 Å². The van der Waals surface area contributed by atoms with E-state index < -0.39 is 10.0 Å². The highest BCUT2D eigenvalue weighted by molar-refractivity contribution is 7.89. The summed E-state index contributed by atoms with van der Waals surface area (Å²) in [5, 5.41) is 0. The first-order valence-corrected chi connectivity index (χ1v) is 8.46. The van der Waals surface area contributed by atoms with Crippen molar-refractivity contribution in [2.45, 2.75) is 17.7 Å². The van der Waals surface area contributed by atoms with Crippen LogP contribution in [-0.2, 0) is 14.8 Å². The molecule has 7 heteroatoms. The first-order chi connectivity index (χ1) is 9.68. The third-order valence-corrected chi connectivity index (χ3v) is 5.72. The first-order valence-electron chi connectivity index (χ1n) is 7.02. The Labute approximate surface area is 119 Å². The summed E-state index contributed by atoms with van der Waals surface area (Å²) in [6, 6.07) is 3.53. The maximum absolute atomic E-state index is 12.4. The van der Waals surface area contributed by atoms with Crippen LogP contribution in [0.3, 0.4) is 0 Å². The van der Waals surface area contributed by atoms with Gasteiger partial charge in [-0.05, 0) is 18.9 Å². The Bertz CT molecular complexity index is 547. The van der Waals surface area contributed by atoms with E-state index in [0.29, 0.717) is 31.2 Å². The Morgan fingerprint density at radius 1 is 1.05 bits per heavy atom. The van der Waals surface area contributed by atoms with Gasteiger partial charge >= 0.3 is 0 Å². The van der Waals surface area contributed by atoms with Gasteiger partial charge in [0.05, 0.1) is 13.2 Å². The lowest BCUT2D eigenvalue weighted by Gasteiger charge is -2.21. The molecule has 6 nitrogen and oxygen atoms in total. The van der Waals surface area contributed by atoms with Crippen molar-refractivity contribution >= 4 is 15.8 Å². The van der Waals surface area contributed by atoms with E-state index in [4.69, 9.17) is 4.74 Å². The van der Waals surface area contributed by atoms with Gasteiger partial charge in [0.15, 0.2) is 0 Å². The molecule has 0 aliphatic carbocycles. The van der Waals surface area contributed by atoms with Crippen LogP contribution in [-0.4, -0.2) is 52.1 Å². The molecule has 0 aromatic carbocycles. The van der Waals surface area contributed by atoms with E-state index >= 15 is 0 Å². The molecule has 2 saturated heterocycles. The number of aromatic nitrogens is 1. The quantitative estimate of drug-likeness (QED) is 0.795. The van der Waals surface area contributed by atoms with Gasteiger partial charge in [0.1, 0.15) is 24.2 Å². The summed E-state index contributed by atoms with van der Waals surface area (Å²) in [7, 11) is -3.33. The second kappa shape index (κ2) is 5.67. The fraction of sp³-hybridized carbons (Fsp3) is 0.615. The van der Waals surface area contributed by atoms with Gasteiger partial charge in [-0.25, -0.2) is 13.4 Å². The van der Waals surface area contributed by atoms with Crippen molar-refractivity contribution in [3.8, 4) is 0 Å². The Hall–Kier alpha value is -1.18. The number of morpholine rings is 1. The van der Waals surface area contributed by atoms with Crippen LogP contribution in [0.2, 0.25) is 0 Å². The lowest BCUT2D eigenvalue weighted by molar-refractivity contribution is -0.367. The summed E-state index contributed by atoms with van der Waals surface area (Å²) < 4.78 is 31.7. The van der Waals surface area contributed by atoms with Crippen molar-refractivity contribution < 1.29 is 18.1 Å². The number of H-pyrrole nitrogens is 1. The number of sulfonamides is 1. The second-order valence-corrected chi connectivity index (χ2v) is 7.06. The van der Waals surface area contributed by atoms with Gasteiger partial charge in [-0.1, -0.05) is 0 Å². The summed E-state index contributed by atoms with van der Waals surface area (Å²) >= 11 is 0. The van der Waals surface area contributed by atoms with E-state index in [1.54, 1.807) is 16.6 Å². The molecule has 0 spiro atoms. The number of pyridine rings is 1. The molecule has 3 heterocycles. The number of anilines is 1. The minimum atomic E-state index is -3.33. The molecule has 2 aliphatic rings. The zero-order chi connectivity index (χ0) is 14.0. The lowest BCUT2D eigenvalue weighted by atomic mass is 10.4. The van der Waals surface area contributed by atoms with Crippen molar-refractivity contribution in [3.63, 3.8) is 0 Å². The average molecular weight is 298 g/mol. The maximum Gasteiger partial charge on any atom is 0.274 e. The van der Waals surface area contributed by atoms with Gasteiger partial charge in [-0.15, -0.1) is 0 Å². The predicted molar refractivity (Wildman–Crippen MR) is 74.0 cm³/mol. The SMILES string of the molecule is O=S(=O)(c1ccc(N2CCOCC2)[nH+]c1)N1CCCC1. The molecule has 0 bridgehead atoms. The largest absolute Gasteiger partial charge is 0.373 e. The Balaban J connectivity index is 1.78. The number of hydrogen-bond donors (Lipinski definition) is 0. The van der Waals surface area contributed by atoms with Crippen molar-refractivity contribution in [1.82, 2.24) is 4.31 Å². The number of nitrogens with one attached hydrogen (secondary N) is 1. The van der Waals surface area contributed by atoms with Crippen LogP contribution in [0.25, 0.3) is 0 Å². The summed E-state index contributed by atoms with van der Waals surface area (Å²) in [4.78, 5) is 5.61. The molecule has 2 fully saturated rings.